The molecule has 74 valence electrons. The van der Waals surface area contributed by atoms with Crippen LogP contribution in [0.4, 0.5) is 0 Å². The fourth-order valence-electron chi connectivity index (χ4n) is 1.04. The third kappa shape index (κ3) is 1.66. The van der Waals surface area contributed by atoms with E-state index in [4.69, 9.17) is 10.3 Å². The van der Waals surface area contributed by atoms with Crippen LogP contribution in [0.15, 0.2) is 16.2 Å². The predicted molar refractivity (Wildman–Crippen MR) is 51.8 cm³/mol. The highest BCUT2D eigenvalue weighted by atomic mass is 32.1. The van der Waals surface area contributed by atoms with E-state index < -0.39 is 0 Å². The van der Waals surface area contributed by atoms with Crippen LogP contribution in [0.3, 0.4) is 0 Å². The number of nitrogens with zero attached hydrogens (tertiary/aromatic N) is 3. The van der Waals surface area contributed by atoms with Gasteiger partial charge in [0.25, 0.3) is 0 Å². The summed E-state index contributed by atoms with van der Waals surface area (Å²) >= 11 is 1.48. The zero-order chi connectivity index (χ0) is 9.97. The first-order valence-electron chi connectivity index (χ1n) is 4.27. The second-order valence-electron chi connectivity index (χ2n) is 2.78. The van der Waals surface area contributed by atoms with Crippen molar-refractivity contribution in [3.05, 3.63) is 28.3 Å². The highest BCUT2D eigenvalue weighted by Crippen LogP contribution is 2.19. The van der Waals surface area contributed by atoms with Gasteiger partial charge in [-0.05, 0) is 0 Å². The minimum Gasteiger partial charge on any atom is -0.339 e. The van der Waals surface area contributed by atoms with Crippen LogP contribution in [-0.4, -0.2) is 15.1 Å². The Kier molecular flexibility index (Phi) is 2.55. The smallest absolute Gasteiger partial charge is 0.226 e. The molecule has 2 N–H and O–H groups in total. The molecule has 0 saturated carbocycles. The van der Waals surface area contributed by atoms with Gasteiger partial charge in [-0.25, -0.2) is 0 Å². The van der Waals surface area contributed by atoms with Gasteiger partial charge in [0, 0.05) is 17.5 Å². The summed E-state index contributed by atoms with van der Waals surface area (Å²) in [5, 5.41) is 3.81. The van der Waals surface area contributed by atoms with Crippen LogP contribution in [-0.2, 0) is 6.42 Å². The quantitative estimate of drug-likeness (QED) is 0.821. The molecule has 0 amide bonds. The van der Waals surface area contributed by atoms with E-state index >= 15 is 0 Å². The minimum absolute atomic E-state index is 0.327. The van der Waals surface area contributed by atoms with Gasteiger partial charge in [0.2, 0.25) is 5.89 Å². The molecule has 2 rings (SSSR count). The number of nitrogens with two attached hydrogens (primary N) is 1. The zero-order valence-corrected chi connectivity index (χ0v) is 8.49. The molecule has 14 heavy (non-hydrogen) atoms. The standard InChI is InChI=1S/C8H10N4OS/c1-2-6-11-8(12-13-6)7(9)5-3-10-4-14-5/h3-4,7H,2,9H2,1H3. The number of hydrogen-bond donors (Lipinski definition) is 1. The Labute approximate surface area is 85.0 Å². The van der Waals surface area contributed by atoms with Gasteiger partial charge >= 0.3 is 0 Å². The fourth-order valence-corrected chi connectivity index (χ4v) is 1.66. The van der Waals surface area contributed by atoms with Gasteiger partial charge in [-0.1, -0.05) is 12.1 Å². The first-order valence-corrected chi connectivity index (χ1v) is 5.15. The Morgan fingerprint density at radius 2 is 2.50 bits per heavy atom. The van der Waals surface area contributed by atoms with Crippen molar-refractivity contribution in [1.29, 1.82) is 0 Å². The van der Waals surface area contributed by atoms with Crippen LogP contribution in [0.5, 0.6) is 0 Å². The van der Waals surface area contributed by atoms with Crippen LogP contribution >= 0.6 is 11.3 Å². The molecule has 0 saturated heterocycles. The van der Waals surface area contributed by atoms with E-state index in [-0.39, 0.29) is 6.04 Å². The third-order valence-corrected chi connectivity index (χ3v) is 2.68. The minimum atomic E-state index is -0.327. The Bertz CT molecular complexity index is 397. The molecule has 0 spiro atoms. The fraction of sp³-hybridized carbons (Fsp3) is 0.375. The maximum absolute atomic E-state index is 5.91. The summed E-state index contributed by atoms with van der Waals surface area (Å²) in [6.45, 7) is 1.95. The summed E-state index contributed by atoms with van der Waals surface area (Å²) in [6.07, 6.45) is 2.44. The summed E-state index contributed by atoms with van der Waals surface area (Å²) in [7, 11) is 0. The van der Waals surface area contributed by atoms with Crippen LogP contribution in [0, 0.1) is 0 Å². The molecule has 0 aromatic carbocycles. The molecule has 0 aliphatic rings. The molecule has 5 nitrogen and oxygen atoms in total. The molecule has 0 radical (unpaired) electrons. The lowest BCUT2D eigenvalue weighted by molar-refractivity contribution is 0.375. The van der Waals surface area contributed by atoms with Gasteiger partial charge in [0.1, 0.15) is 6.04 Å². The second kappa shape index (κ2) is 3.85. The third-order valence-electron chi connectivity index (χ3n) is 1.82. The molecular weight excluding hydrogens is 200 g/mol. The van der Waals surface area contributed by atoms with E-state index in [1.165, 1.54) is 11.3 Å². The summed E-state index contributed by atoms with van der Waals surface area (Å²) in [6, 6.07) is -0.327. The largest absolute Gasteiger partial charge is 0.339 e. The van der Waals surface area contributed by atoms with Crippen molar-refractivity contribution in [3.8, 4) is 0 Å². The molecule has 2 aromatic heterocycles. The molecule has 1 unspecified atom stereocenters. The molecule has 0 aliphatic carbocycles. The van der Waals surface area contributed by atoms with Crippen molar-refractivity contribution < 1.29 is 4.52 Å². The van der Waals surface area contributed by atoms with Gasteiger partial charge in [-0.15, -0.1) is 11.3 Å². The van der Waals surface area contributed by atoms with Crippen LogP contribution in [0.2, 0.25) is 0 Å². The summed E-state index contributed by atoms with van der Waals surface area (Å²) < 4.78 is 4.98. The average molecular weight is 210 g/mol. The molecular formula is C8H10N4OS. The molecule has 0 aliphatic heterocycles. The van der Waals surface area contributed by atoms with Gasteiger partial charge in [0.15, 0.2) is 5.82 Å². The number of rotatable bonds is 3. The van der Waals surface area contributed by atoms with E-state index in [1.54, 1.807) is 11.7 Å². The first-order chi connectivity index (χ1) is 6.81. The van der Waals surface area contributed by atoms with E-state index in [9.17, 15) is 0 Å². The molecule has 0 bridgehead atoms. The van der Waals surface area contributed by atoms with E-state index in [2.05, 4.69) is 15.1 Å². The molecule has 2 heterocycles. The molecule has 2 aromatic rings. The van der Waals surface area contributed by atoms with Crippen molar-refractivity contribution in [1.82, 2.24) is 15.1 Å². The Morgan fingerprint density at radius 1 is 1.64 bits per heavy atom. The van der Waals surface area contributed by atoms with Crippen molar-refractivity contribution in [2.45, 2.75) is 19.4 Å². The van der Waals surface area contributed by atoms with Crippen molar-refractivity contribution in [2.75, 3.05) is 0 Å². The van der Waals surface area contributed by atoms with E-state index in [0.717, 1.165) is 11.3 Å². The number of aromatic nitrogens is 3. The summed E-state index contributed by atoms with van der Waals surface area (Å²) in [4.78, 5) is 9.05. The maximum atomic E-state index is 5.91. The van der Waals surface area contributed by atoms with Crippen molar-refractivity contribution in [3.63, 3.8) is 0 Å². The van der Waals surface area contributed by atoms with Gasteiger partial charge in [0.05, 0.1) is 5.51 Å². The lowest BCUT2D eigenvalue weighted by atomic mass is 10.2. The Hall–Kier alpha value is -1.27. The normalized spacial score (nSPS) is 13.0. The number of thiazole rings is 1. The number of aryl methyl sites for hydroxylation is 1. The average Bonchev–Trinajstić information content (AvgIpc) is 2.88. The zero-order valence-electron chi connectivity index (χ0n) is 7.67. The topological polar surface area (TPSA) is 77.8 Å². The highest BCUT2D eigenvalue weighted by molar-refractivity contribution is 7.09. The van der Waals surface area contributed by atoms with Crippen LogP contribution < -0.4 is 5.73 Å². The number of hydrogen-bond acceptors (Lipinski definition) is 6. The SMILES string of the molecule is CCc1nc(C(N)c2cncs2)no1. The summed E-state index contributed by atoms with van der Waals surface area (Å²) in [5.41, 5.74) is 7.65. The van der Waals surface area contributed by atoms with Crippen LogP contribution in [0.1, 0.15) is 29.6 Å². The Morgan fingerprint density at radius 3 is 3.07 bits per heavy atom. The molecule has 1 atom stereocenters. The molecule has 6 heteroatoms. The molecule has 0 fully saturated rings. The van der Waals surface area contributed by atoms with E-state index in [0.29, 0.717) is 11.7 Å². The van der Waals surface area contributed by atoms with Crippen LogP contribution in [0.25, 0.3) is 0 Å². The van der Waals surface area contributed by atoms with Crippen molar-refractivity contribution >= 4 is 11.3 Å². The highest BCUT2D eigenvalue weighted by Gasteiger charge is 2.16. The van der Waals surface area contributed by atoms with E-state index in [1.807, 2.05) is 6.92 Å². The van der Waals surface area contributed by atoms with Crippen molar-refractivity contribution in [2.24, 2.45) is 5.73 Å². The van der Waals surface area contributed by atoms with Gasteiger partial charge in [-0.3, -0.25) is 4.98 Å². The van der Waals surface area contributed by atoms with Gasteiger partial charge in [-0.2, -0.15) is 4.98 Å². The monoisotopic (exact) mass is 210 g/mol. The predicted octanol–water partition coefficient (Wildman–Crippen LogP) is 1.14. The first kappa shape index (κ1) is 9.29. The lowest BCUT2D eigenvalue weighted by Crippen LogP contribution is -2.12. The summed E-state index contributed by atoms with van der Waals surface area (Å²) in [5.74, 6) is 1.13. The second-order valence-corrected chi connectivity index (χ2v) is 3.70. The van der Waals surface area contributed by atoms with Gasteiger partial charge < -0.3 is 10.3 Å². The maximum Gasteiger partial charge on any atom is 0.226 e. The lowest BCUT2D eigenvalue weighted by Gasteiger charge is -2.00. The Balaban J connectivity index is 2.23.